The van der Waals surface area contributed by atoms with Crippen LogP contribution in [0.2, 0.25) is 0 Å². The van der Waals surface area contributed by atoms with Crippen LogP contribution in [-0.4, -0.2) is 59.3 Å². The number of thiazole rings is 1. The zero-order valence-electron chi connectivity index (χ0n) is 20.9. The van der Waals surface area contributed by atoms with E-state index in [1.165, 1.54) is 27.8 Å². The molecule has 3 heterocycles. The number of fused-ring (bicyclic) bond motifs is 1. The maximum Gasteiger partial charge on any atom is 0.243 e. The highest BCUT2D eigenvalue weighted by Crippen LogP contribution is 2.26. The molecule has 11 nitrogen and oxygen atoms in total. The highest BCUT2D eigenvalue weighted by atomic mass is 32.2. The second-order valence-corrected chi connectivity index (χ2v) is 12.1. The van der Waals surface area contributed by atoms with Gasteiger partial charge in [-0.25, -0.2) is 23.4 Å². The summed E-state index contributed by atoms with van der Waals surface area (Å²) in [6.07, 6.45) is 8.49. The number of aromatic nitrogens is 3. The van der Waals surface area contributed by atoms with E-state index in [2.05, 4.69) is 25.6 Å². The van der Waals surface area contributed by atoms with Crippen LogP contribution in [-0.2, 0) is 14.8 Å². The number of nitrogens with two attached hydrogens (primary N) is 2. The number of nitrogens with one attached hydrogen (secondary N) is 2. The molecule has 2 aromatic heterocycles. The third-order valence-corrected chi connectivity index (χ3v) is 9.07. The molecule has 6 N–H and O–H groups in total. The number of rotatable bonds is 9. The Morgan fingerprint density at radius 1 is 1.08 bits per heavy atom. The zero-order valence-corrected chi connectivity index (χ0v) is 22.6. The van der Waals surface area contributed by atoms with Crippen molar-refractivity contribution in [3.8, 4) is 0 Å². The predicted octanol–water partition coefficient (Wildman–Crippen LogP) is 2.81. The molecule has 1 fully saturated rings. The standard InChI is InChI=1S/C26H28N8O3S2/c27-24(35)16-34(20-9-11-29-12-10-20)39(36,37)21-6-4-19(5-7-21)32-26-30-14-18(15-31-26)2-1-17-3-8-22-23(13-17)38-25(28)33-22/h1-8,13-15,20,29H,9-12,16H2,(H2,27,35)(H2,28,33)(H,30,31,32)/b2-1+. The fourth-order valence-electron chi connectivity index (χ4n) is 4.38. The first-order chi connectivity index (χ1) is 18.8. The molecule has 4 aromatic rings. The first kappa shape index (κ1) is 26.7. The van der Waals surface area contributed by atoms with E-state index in [4.69, 9.17) is 11.5 Å². The number of anilines is 3. The molecule has 0 bridgehead atoms. The number of hydrogen-bond acceptors (Lipinski definition) is 10. The van der Waals surface area contributed by atoms with Crippen LogP contribution in [0, 0.1) is 0 Å². The van der Waals surface area contributed by atoms with Crippen LogP contribution < -0.4 is 22.1 Å². The number of nitrogens with zero attached hydrogens (tertiary/aromatic N) is 4. The quantitative estimate of drug-likeness (QED) is 0.239. The van der Waals surface area contributed by atoms with E-state index < -0.39 is 15.9 Å². The number of carbonyl (C=O) groups excluding carboxylic acids is 1. The third-order valence-electron chi connectivity index (χ3n) is 6.31. The summed E-state index contributed by atoms with van der Waals surface area (Å²) in [5.41, 5.74) is 14.5. The lowest BCUT2D eigenvalue weighted by Crippen LogP contribution is -2.49. The summed E-state index contributed by atoms with van der Waals surface area (Å²) in [5.74, 6) is -0.314. The van der Waals surface area contributed by atoms with Crippen molar-refractivity contribution in [1.29, 1.82) is 0 Å². The number of benzene rings is 2. The normalized spacial score (nSPS) is 14.8. The second kappa shape index (κ2) is 11.5. The smallest absolute Gasteiger partial charge is 0.243 e. The number of nitrogen functional groups attached to an aromatic ring is 1. The Kier molecular flexibility index (Phi) is 7.84. The molecule has 1 saturated heterocycles. The van der Waals surface area contributed by atoms with Crippen LogP contribution in [0.4, 0.5) is 16.8 Å². The summed E-state index contributed by atoms with van der Waals surface area (Å²) < 4.78 is 28.9. The minimum Gasteiger partial charge on any atom is -0.375 e. The van der Waals surface area contributed by atoms with E-state index in [0.29, 0.717) is 42.7 Å². The van der Waals surface area contributed by atoms with E-state index in [1.807, 2.05) is 30.4 Å². The number of primary amides is 1. The minimum atomic E-state index is -3.90. The van der Waals surface area contributed by atoms with Crippen molar-refractivity contribution in [2.75, 3.05) is 30.7 Å². The Morgan fingerprint density at radius 2 is 1.77 bits per heavy atom. The summed E-state index contributed by atoms with van der Waals surface area (Å²) in [6.45, 7) is 1.02. The number of sulfonamides is 1. The zero-order chi connectivity index (χ0) is 27.4. The van der Waals surface area contributed by atoms with Crippen molar-refractivity contribution in [3.63, 3.8) is 0 Å². The fourth-order valence-corrected chi connectivity index (χ4v) is 6.81. The summed E-state index contributed by atoms with van der Waals surface area (Å²) >= 11 is 1.45. The third kappa shape index (κ3) is 6.40. The molecular formula is C26H28N8O3S2. The second-order valence-electron chi connectivity index (χ2n) is 9.10. The lowest BCUT2D eigenvalue weighted by molar-refractivity contribution is -0.118. The van der Waals surface area contributed by atoms with Crippen molar-refractivity contribution in [2.24, 2.45) is 5.73 Å². The monoisotopic (exact) mass is 564 g/mol. The van der Waals surface area contributed by atoms with Crippen LogP contribution in [0.3, 0.4) is 0 Å². The highest BCUT2D eigenvalue weighted by Gasteiger charge is 2.33. The SMILES string of the molecule is NC(=O)CN(C1CCNCC1)S(=O)(=O)c1ccc(Nc2ncc(/C=C/c3ccc4nc(N)sc4c3)cn2)cc1. The summed E-state index contributed by atoms with van der Waals surface area (Å²) in [4.78, 5) is 24.7. The van der Waals surface area contributed by atoms with Crippen molar-refractivity contribution in [2.45, 2.75) is 23.8 Å². The molecule has 1 aliphatic heterocycles. The number of carbonyl (C=O) groups is 1. The average molecular weight is 565 g/mol. The van der Waals surface area contributed by atoms with E-state index in [9.17, 15) is 13.2 Å². The van der Waals surface area contributed by atoms with Crippen LogP contribution in [0.5, 0.6) is 0 Å². The Bertz CT molecular complexity index is 1600. The largest absolute Gasteiger partial charge is 0.375 e. The van der Waals surface area contributed by atoms with Gasteiger partial charge in [0.15, 0.2) is 5.13 Å². The van der Waals surface area contributed by atoms with Gasteiger partial charge in [-0.15, -0.1) is 0 Å². The molecule has 13 heteroatoms. The van der Waals surface area contributed by atoms with Gasteiger partial charge in [-0.3, -0.25) is 4.79 Å². The summed E-state index contributed by atoms with van der Waals surface area (Å²) in [6, 6.07) is 11.9. The lowest BCUT2D eigenvalue weighted by atomic mass is 10.1. The molecule has 0 aliphatic carbocycles. The van der Waals surface area contributed by atoms with E-state index in [-0.39, 0.29) is 17.5 Å². The maximum absolute atomic E-state index is 13.3. The van der Waals surface area contributed by atoms with Crippen molar-refractivity contribution in [1.82, 2.24) is 24.6 Å². The Labute approximate surface area is 230 Å². The number of amides is 1. The van der Waals surface area contributed by atoms with Gasteiger partial charge in [-0.1, -0.05) is 29.6 Å². The molecule has 2 aromatic carbocycles. The molecule has 1 amide bonds. The fraction of sp³-hybridized carbons (Fsp3) is 0.231. The number of hydrogen-bond donors (Lipinski definition) is 4. The summed E-state index contributed by atoms with van der Waals surface area (Å²) in [5, 5.41) is 6.82. The van der Waals surface area contributed by atoms with Gasteiger partial charge in [0.1, 0.15) is 0 Å². The van der Waals surface area contributed by atoms with Gasteiger partial charge in [0.25, 0.3) is 0 Å². The van der Waals surface area contributed by atoms with E-state index in [1.54, 1.807) is 24.5 Å². The molecule has 0 spiro atoms. The van der Waals surface area contributed by atoms with E-state index >= 15 is 0 Å². The molecule has 0 atom stereocenters. The topological polar surface area (TPSA) is 169 Å². The van der Waals surface area contributed by atoms with Crippen LogP contribution >= 0.6 is 11.3 Å². The van der Waals surface area contributed by atoms with Crippen LogP contribution in [0.25, 0.3) is 22.4 Å². The first-order valence-electron chi connectivity index (χ1n) is 12.3. The maximum atomic E-state index is 13.3. The van der Waals surface area contributed by atoms with Crippen molar-refractivity contribution in [3.05, 3.63) is 66.0 Å². The van der Waals surface area contributed by atoms with Crippen LogP contribution in [0.15, 0.2) is 59.8 Å². The van der Waals surface area contributed by atoms with Crippen LogP contribution in [0.1, 0.15) is 24.0 Å². The molecule has 202 valence electrons. The van der Waals surface area contributed by atoms with Gasteiger partial charge in [-0.05, 0) is 67.9 Å². The molecule has 0 saturated carbocycles. The van der Waals surface area contributed by atoms with Gasteiger partial charge in [-0.2, -0.15) is 4.31 Å². The average Bonchev–Trinajstić information content (AvgIpc) is 3.31. The van der Waals surface area contributed by atoms with Crippen molar-refractivity contribution < 1.29 is 13.2 Å². The first-order valence-corrected chi connectivity index (χ1v) is 14.6. The minimum absolute atomic E-state index is 0.0911. The van der Waals surface area contributed by atoms with Gasteiger partial charge in [0, 0.05) is 29.7 Å². The lowest BCUT2D eigenvalue weighted by Gasteiger charge is -2.33. The highest BCUT2D eigenvalue weighted by molar-refractivity contribution is 7.89. The van der Waals surface area contributed by atoms with Gasteiger partial charge in [0.2, 0.25) is 21.9 Å². The Hall–Kier alpha value is -3.91. The summed E-state index contributed by atoms with van der Waals surface area (Å²) in [7, 11) is -3.90. The molecule has 0 unspecified atom stereocenters. The molecule has 39 heavy (non-hydrogen) atoms. The van der Waals surface area contributed by atoms with Gasteiger partial charge in [0.05, 0.1) is 21.7 Å². The molecule has 0 radical (unpaired) electrons. The van der Waals surface area contributed by atoms with Crippen molar-refractivity contribution >= 4 is 66.4 Å². The Morgan fingerprint density at radius 3 is 2.46 bits per heavy atom. The van der Waals surface area contributed by atoms with Gasteiger partial charge < -0.3 is 22.1 Å². The van der Waals surface area contributed by atoms with E-state index in [0.717, 1.165) is 21.3 Å². The molecule has 5 rings (SSSR count). The van der Waals surface area contributed by atoms with Gasteiger partial charge >= 0.3 is 0 Å². The predicted molar refractivity (Wildman–Crippen MR) is 154 cm³/mol. The number of piperidine rings is 1. The molecule has 1 aliphatic rings. The Balaban J connectivity index is 1.25. The molecular weight excluding hydrogens is 536 g/mol.